The zero-order chi connectivity index (χ0) is 19.2. The van der Waals surface area contributed by atoms with E-state index in [0.717, 1.165) is 27.5 Å². The van der Waals surface area contributed by atoms with Gasteiger partial charge in [0.05, 0.1) is 11.0 Å². The number of nitrogens with zero attached hydrogens (tertiary/aromatic N) is 3. The number of para-hydroxylation sites is 2. The fraction of sp³-hybridized carbons (Fsp3) is 0.0909. The lowest BCUT2D eigenvalue weighted by molar-refractivity contribution is 0.100. The van der Waals surface area contributed by atoms with Crippen LogP contribution in [0.1, 0.15) is 21.5 Å². The molecule has 0 aliphatic rings. The second kappa shape index (κ2) is 8.63. The highest BCUT2D eigenvalue weighted by molar-refractivity contribution is 7.98. The van der Waals surface area contributed by atoms with Crippen LogP contribution in [-0.2, 0) is 12.2 Å². The molecule has 28 heavy (non-hydrogen) atoms. The highest BCUT2D eigenvalue weighted by Crippen LogP contribution is 2.23. The van der Waals surface area contributed by atoms with Crippen molar-refractivity contribution in [1.29, 1.82) is 0 Å². The number of benzene rings is 2. The summed E-state index contributed by atoms with van der Waals surface area (Å²) >= 11 is 1.68. The third-order valence-corrected chi connectivity index (χ3v) is 5.17. The zero-order valence-corrected chi connectivity index (χ0v) is 15.9. The normalized spacial score (nSPS) is 11.3. The molecule has 0 atom stereocenters. The van der Waals surface area contributed by atoms with E-state index in [1.807, 2.05) is 24.3 Å². The van der Waals surface area contributed by atoms with Gasteiger partial charge in [0.15, 0.2) is 5.16 Å². The Bertz CT molecular complexity index is 1070. The first-order valence-corrected chi connectivity index (χ1v) is 9.89. The van der Waals surface area contributed by atoms with Crippen molar-refractivity contribution in [1.82, 2.24) is 15.0 Å². The number of carbonyl (C=O) groups is 1. The molecule has 0 unspecified atom stereocenters. The van der Waals surface area contributed by atoms with Crippen molar-refractivity contribution in [2.45, 2.75) is 17.3 Å². The highest BCUT2D eigenvalue weighted by atomic mass is 32.2. The molecule has 6 heteroatoms. The Kier molecular flexibility index (Phi) is 5.58. The van der Waals surface area contributed by atoms with Gasteiger partial charge >= 0.3 is 0 Å². The van der Waals surface area contributed by atoms with Crippen LogP contribution in [0.3, 0.4) is 0 Å². The van der Waals surface area contributed by atoms with E-state index < -0.39 is 0 Å². The number of aromatic nitrogens is 3. The number of amides is 1. The largest absolute Gasteiger partial charge is 0.333 e. The van der Waals surface area contributed by atoms with E-state index in [9.17, 15) is 4.79 Å². The van der Waals surface area contributed by atoms with Gasteiger partial charge in [-0.15, -0.1) is 0 Å². The minimum absolute atomic E-state index is 0.249. The Morgan fingerprint density at radius 1 is 1.00 bits per heavy atom. The third kappa shape index (κ3) is 4.53. The lowest BCUT2D eigenvalue weighted by Crippen LogP contribution is -1.96. The molecule has 0 aliphatic heterocycles. The van der Waals surface area contributed by atoms with E-state index in [-0.39, 0.29) is 5.91 Å². The average molecular weight is 386 g/mol. The maximum absolute atomic E-state index is 11.9. The van der Waals surface area contributed by atoms with Crippen LogP contribution in [0.15, 0.2) is 83.2 Å². The van der Waals surface area contributed by atoms with Crippen molar-refractivity contribution in [3.05, 3.63) is 89.7 Å². The van der Waals surface area contributed by atoms with Crippen LogP contribution >= 0.6 is 11.8 Å². The predicted octanol–water partition coefficient (Wildman–Crippen LogP) is 4.70. The van der Waals surface area contributed by atoms with Gasteiger partial charge in [0.25, 0.3) is 5.91 Å². The van der Waals surface area contributed by atoms with Crippen LogP contribution in [0, 0.1) is 0 Å². The summed E-state index contributed by atoms with van der Waals surface area (Å²) in [4.78, 5) is 27.7. The summed E-state index contributed by atoms with van der Waals surface area (Å²) in [6.45, 7) is 0. The number of thioether (sulfide) groups is 1. The number of H-pyrrole nitrogens is 1. The molecule has 0 saturated heterocycles. The molecule has 0 spiro atoms. The molecule has 4 rings (SSSR count). The smallest absolute Gasteiger partial charge is 0.276 e. The van der Waals surface area contributed by atoms with Gasteiger partial charge in [0.1, 0.15) is 0 Å². The minimum Gasteiger partial charge on any atom is -0.333 e. The van der Waals surface area contributed by atoms with Crippen molar-refractivity contribution in [2.24, 2.45) is 4.99 Å². The summed E-state index contributed by atoms with van der Waals surface area (Å²) in [7, 11) is 0. The Labute approximate surface area is 167 Å². The summed E-state index contributed by atoms with van der Waals surface area (Å²) in [6.07, 6.45) is 5.45. The van der Waals surface area contributed by atoms with Crippen molar-refractivity contribution >= 4 is 34.9 Å². The molecule has 5 nitrogen and oxygen atoms in total. The highest BCUT2D eigenvalue weighted by Gasteiger charge is 2.04. The minimum atomic E-state index is -0.249. The summed E-state index contributed by atoms with van der Waals surface area (Å²) in [6, 6.07) is 19.7. The SMILES string of the molecule is O=C(N=CCc1ccc(CSc2nc3ccccc3[nH]2)cc1)c1ccncc1. The van der Waals surface area contributed by atoms with Crippen LogP contribution < -0.4 is 0 Å². The number of pyridine rings is 1. The lowest BCUT2D eigenvalue weighted by atomic mass is 10.1. The Morgan fingerprint density at radius 2 is 1.75 bits per heavy atom. The molecule has 1 N–H and O–H groups in total. The van der Waals surface area contributed by atoms with Crippen LogP contribution in [-0.4, -0.2) is 27.1 Å². The number of nitrogens with one attached hydrogen (secondary N) is 1. The molecular weight excluding hydrogens is 368 g/mol. The zero-order valence-electron chi connectivity index (χ0n) is 15.1. The number of carbonyl (C=O) groups excluding carboxylic acids is 1. The van der Waals surface area contributed by atoms with Gasteiger partial charge in [-0.2, -0.15) is 0 Å². The number of fused-ring (bicyclic) bond motifs is 1. The van der Waals surface area contributed by atoms with E-state index in [1.54, 1.807) is 42.5 Å². The molecule has 0 saturated carbocycles. The summed E-state index contributed by atoms with van der Waals surface area (Å²) in [5.74, 6) is 0.593. The monoisotopic (exact) mass is 386 g/mol. The molecular formula is C22H18N4OS. The second-order valence-electron chi connectivity index (χ2n) is 6.22. The molecule has 138 valence electrons. The van der Waals surface area contributed by atoms with Crippen molar-refractivity contribution < 1.29 is 4.79 Å². The number of rotatable bonds is 6. The lowest BCUT2D eigenvalue weighted by Gasteiger charge is -2.01. The predicted molar refractivity (Wildman–Crippen MR) is 113 cm³/mol. The first-order valence-electron chi connectivity index (χ1n) is 8.90. The van der Waals surface area contributed by atoms with Gasteiger partial charge in [0.2, 0.25) is 0 Å². The molecule has 0 radical (unpaired) electrons. The maximum Gasteiger partial charge on any atom is 0.276 e. The molecule has 2 aromatic heterocycles. The molecule has 0 fully saturated rings. The molecule has 2 heterocycles. The second-order valence-corrected chi connectivity index (χ2v) is 7.19. The Morgan fingerprint density at radius 3 is 2.54 bits per heavy atom. The molecule has 2 aromatic carbocycles. The molecule has 1 amide bonds. The maximum atomic E-state index is 11.9. The molecule has 0 bridgehead atoms. The van der Waals surface area contributed by atoms with Gasteiger partial charge < -0.3 is 4.98 Å². The van der Waals surface area contributed by atoms with Gasteiger partial charge in [-0.3, -0.25) is 9.78 Å². The third-order valence-electron chi connectivity index (χ3n) is 4.23. The number of hydrogen-bond acceptors (Lipinski definition) is 4. The van der Waals surface area contributed by atoms with E-state index in [0.29, 0.717) is 12.0 Å². The van der Waals surface area contributed by atoms with Gasteiger partial charge in [-0.1, -0.05) is 48.2 Å². The molecule has 0 aliphatic carbocycles. The summed E-state index contributed by atoms with van der Waals surface area (Å²) < 4.78 is 0. The fourth-order valence-electron chi connectivity index (χ4n) is 2.72. The first kappa shape index (κ1) is 18.1. The van der Waals surface area contributed by atoms with Gasteiger partial charge in [-0.05, 0) is 35.4 Å². The molecule has 4 aromatic rings. The van der Waals surface area contributed by atoms with Crippen LogP contribution in [0.25, 0.3) is 11.0 Å². The number of aliphatic imine (C=N–C) groups is 1. The van der Waals surface area contributed by atoms with Gasteiger partial charge in [0, 0.05) is 36.3 Å². The summed E-state index contributed by atoms with van der Waals surface area (Å²) in [5, 5.41) is 0.923. The van der Waals surface area contributed by atoms with E-state index in [4.69, 9.17) is 0 Å². The number of hydrogen-bond donors (Lipinski definition) is 1. The Hall–Kier alpha value is -3.25. The topological polar surface area (TPSA) is 71.0 Å². The van der Waals surface area contributed by atoms with Crippen LogP contribution in [0.2, 0.25) is 0 Å². The van der Waals surface area contributed by atoms with Crippen LogP contribution in [0.5, 0.6) is 0 Å². The number of aromatic amines is 1. The van der Waals surface area contributed by atoms with E-state index in [1.165, 1.54) is 5.56 Å². The quantitative estimate of drug-likeness (QED) is 0.385. The van der Waals surface area contributed by atoms with E-state index in [2.05, 4.69) is 44.2 Å². The first-order chi connectivity index (χ1) is 13.8. The summed E-state index contributed by atoms with van der Waals surface area (Å²) in [5.41, 5.74) is 4.92. The Balaban J connectivity index is 1.31. The standard InChI is InChI=1S/C22H18N4OS/c27-21(18-10-12-23-13-11-18)24-14-9-16-5-7-17(8-6-16)15-28-22-25-19-3-1-2-4-20(19)26-22/h1-8,10-14H,9,15H2,(H,25,26). The van der Waals surface area contributed by atoms with Crippen molar-refractivity contribution in [3.8, 4) is 0 Å². The van der Waals surface area contributed by atoms with E-state index >= 15 is 0 Å². The average Bonchev–Trinajstić information content (AvgIpc) is 3.17. The number of imidazole rings is 1. The van der Waals surface area contributed by atoms with Crippen molar-refractivity contribution in [3.63, 3.8) is 0 Å². The van der Waals surface area contributed by atoms with Crippen molar-refractivity contribution in [2.75, 3.05) is 0 Å². The van der Waals surface area contributed by atoms with Crippen LogP contribution in [0.4, 0.5) is 0 Å². The van der Waals surface area contributed by atoms with Gasteiger partial charge in [-0.25, -0.2) is 9.98 Å². The fourth-order valence-corrected chi connectivity index (χ4v) is 3.56.